The molecule has 1 atom stereocenters. The van der Waals surface area contributed by atoms with Crippen LogP contribution in [0.15, 0.2) is 59.7 Å². The lowest BCUT2D eigenvalue weighted by Gasteiger charge is -2.25. The largest absolute Gasteiger partial charge is 0.331 e. The molecule has 3 nitrogen and oxygen atoms in total. The third-order valence-electron chi connectivity index (χ3n) is 3.86. The molecule has 2 aromatic carbocycles. The Morgan fingerprint density at radius 3 is 2.68 bits per heavy atom. The maximum Gasteiger partial charge on any atom is 0.194 e. The van der Waals surface area contributed by atoms with Crippen LogP contribution in [-0.2, 0) is 6.42 Å². The number of nitrogens with zero attached hydrogens (tertiary/aromatic N) is 2. The zero-order valence-corrected chi connectivity index (χ0v) is 13.4. The fourth-order valence-corrected chi connectivity index (χ4v) is 2.97. The molecular weight excluding hydrogens is 290 g/mol. The van der Waals surface area contributed by atoms with Crippen molar-refractivity contribution in [1.82, 2.24) is 5.01 Å². The number of hydrogen-bond acceptors (Lipinski definition) is 2. The lowest BCUT2D eigenvalue weighted by molar-refractivity contribution is 0.375. The summed E-state index contributed by atoms with van der Waals surface area (Å²) in [5.41, 5.74) is 3.54. The fourth-order valence-electron chi connectivity index (χ4n) is 2.68. The molecule has 1 heterocycles. The van der Waals surface area contributed by atoms with E-state index in [0.717, 1.165) is 18.5 Å². The van der Waals surface area contributed by atoms with Crippen LogP contribution < -0.4 is 5.32 Å². The van der Waals surface area contributed by atoms with Gasteiger partial charge >= 0.3 is 0 Å². The maximum absolute atomic E-state index is 5.58. The molecule has 22 heavy (non-hydrogen) atoms. The number of thiocarbonyl (C=S) groups is 1. The smallest absolute Gasteiger partial charge is 0.194 e. The van der Waals surface area contributed by atoms with Gasteiger partial charge in [-0.2, -0.15) is 5.10 Å². The first-order valence-electron chi connectivity index (χ1n) is 7.55. The van der Waals surface area contributed by atoms with Gasteiger partial charge in [0.05, 0.1) is 6.04 Å². The minimum atomic E-state index is 0.176. The van der Waals surface area contributed by atoms with E-state index >= 15 is 0 Å². The molecule has 4 heteroatoms. The van der Waals surface area contributed by atoms with Crippen LogP contribution in [0.1, 0.15) is 30.5 Å². The molecule has 0 radical (unpaired) electrons. The Bertz CT molecular complexity index is 682. The third kappa shape index (κ3) is 3.02. The number of para-hydroxylation sites is 1. The van der Waals surface area contributed by atoms with Gasteiger partial charge in [-0.15, -0.1) is 0 Å². The van der Waals surface area contributed by atoms with Crippen molar-refractivity contribution in [3.8, 4) is 0 Å². The molecule has 0 saturated carbocycles. The fraction of sp³-hybridized carbons (Fsp3) is 0.222. The third-order valence-corrected chi connectivity index (χ3v) is 4.15. The van der Waals surface area contributed by atoms with Gasteiger partial charge in [0.15, 0.2) is 5.11 Å². The minimum Gasteiger partial charge on any atom is -0.331 e. The van der Waals surface area contributed by atoms with E-state index in [1.165, 1.54) is 11.1 Å². The predicted octanol–water partition coefficient (Wildman–Crippen LogP) is 4.38. The van der Waals surface area contributed by atoms with E-state index in [1.54, 1.807) is 0 Å². The van der Waals surface area contributed by atoms with Gasteiger partial charge in [-0.25, -0.2) is 5.01 Å². The second-order valence-corrected chi connectivity index (χ2v) is 5.63. The van der Waals surface area contributed by atoms with E-state index < -0.39 is 0 Å². The van der Waals surface area contributed by atoms with Crippen LogP contribution in [0.2, 0.25) is 0 Å². The molecule has 0 amide bonds. The zero-order chi connectivity index (χ0) is 15.4. The molecule has 0 bridgehead atoms. The highest BCUT2D eigenvalue weighted by atomic mass is 32.1. The molecule has 1 N–H and O–H groups in total. The summed E-state index contributed by atoms with van der Waals surface area (Å²) in [6.45, 7) is 2.14. The van der Waals surface area contributed by atoms with Crippen molar-refractivity contribution in [1.29, 1.82) is 0 Å². The Balaban J connectivity index is 1.78. The minimum absolute atomic E-state index is 0.176. The molecule has 1 aliphatic rings. The average Bonchev–Trinajstić information content (AvgIpc) is 3.06. The quantitative estimate of drug-likeness (QED) is 0.853. The van der Waals surface area contributed by atoms with Gasteiger partial charge in [0.1, 0.15) is 0 Å². The number of hydrogen-bond donors (Lipinski definition) is 1. The van der Waals surface area contributed by atoms with Crippen molar-refractivity contribution in [2.24, 2.45) is 5.10 Å². The summed E-state index contributed by atoms with van der Waals surface area (Å²) < 4.78 is 0. The van der Waals surface area contributed by atoms with Crippen LogP contribution in [0.5, 0.6) is 0 Å². The summed E-state index contributed by atoms with van der Waals surface area (Å²) in [4.78, 5) is 0. The molecule has 0 saturated heterocycles. The summed E-state index contributed by atoms with van der Waals surface area (Å²) in [5, 5.41) is 10.3. The van der Waals surface area contributed by atoms with Gasteiger partial charge in [-0.1, -0.05) is 55.5 Å². The highest BCUT2D eigenvalue weighted by molar-refractivity contribution is 7.80. The van der Waals surface area contributed by atoms with Crippen LogP contribution >= 0.6 is 12.2 Å². The highest BCUT2D eigenvalue weighted by Crippen LogP contribution is 2.29. The molecule has 3 rings (SSSR count). The lowest BCUT2D eigenvalue weighted by atomic mass is 10.1. The number of rotatable bonds is 3. The summed E-state index contributed by atoms with van der Waals surface area (Å²) in [6, 6.07) is 18.8. The van der Waals surface area contributed by atoms with E-state index in [0.29, 0.717) is 5.11 Å². The van der Waals surface area contributed by atoms with E-state index in [4.69, 9.17) is 12.2 Å². The van der Waals surface area contributed by atoms with Gasteiger partial charge < -0.3 is 5.32 Å². The van der Waals surface area contributed by atoms with Crippen molar-refractivity contribution >= 4 is 29.2 Å². The first-order valence-corrected chi connectivity index (χ1v) is 7.96. The molecule has 1 aliphatic heterocycles. The summed E-state index contributed by atoms with van der Waals surface area (Å²) in [6.07, 6.45) is 3.77. The van der Waals surface area contributed by atoms with E-state index in [1.807, 2.05) is 29.4 Å². The standard InChI is InChI=1S/C18H19N3S/c1-2-14-8-6-7-11-16(14)20-18(22)21-17(12-13-19-21)15-9-4-3-5-10-15/h3-11,13,17H,2,12H2,1H3,(H,20,22)/t17-/m1/s1. The van der Waals surface area contributed by atoms with Crippen LogP contribution in [0.25, 0.3) is 0 Å². The monoisotopic (exact) mass is 309 g/mol. The molecular formula is C18H19N3S. The van der Waals surface area contributed by atoms with Crippen LogP contribution in [0, 0.1) is 0 Å². The van der Waals surface area contributed by atoms with Gasteiger partial charge in [0.2, 0.25) is 0 Å². The van der Waals surface area contributed by atoms with Gasteiger partial charge in [-0.3, -0.25) is 0 Å². The second-order valence-electron chi connectivity index (χ2n) is 5.25. The first kappa shape index (κ1) is 14.7. The number of aryl methyl sites for hydroxylation is 1. The van der Waals surface area contributed by atoms with Gasteiger partial charge in [0.25, 0.3) is 0 Å². The maximum atomic E-state index is 5.58. The van der Waals surface area contributed by atoms with Crippen LogP contribution in [-0.4, -0.2) is 16.3 Å². The van der Waals surface area contributed by atoms with Crippen molar-refractivity contribution in [2.45, 2.75) is 25.8 Å². The highest BCUT2D eigenvalue weighted by Gasteiger charge is 2.26. The van der Waals surface area contributed by atoms with Gasteiger partial charge in [-0.05, 0) is 35.8 Å². The van der Waals surface area contributed by atoms with Crippen molar-refractivity contribution in [3.05, 3.63) is 65.7 Å². The topological polar surface area (TPSA) is 27.6 Å². The zero-order valence-electron chi connectivity index (χ0n) is 12.6. The average molecular weight is 309 g/mol. The first-order chi connectivity index (χ1) is 10.8. The molecule has 112 valence electrons. The molecule has 0 aliphatic carbocycles. The summed E-state index contributed by atoms with van der Waals surface area (Å²) in [5.74, 6) is 0. The molecule has 0 spiro atoms. The number of nitrogens with one attached hydrogen (secondary N) is 1. The number of benzene rings is 2. The second kappa shape index (κ2) is 6.71. The Morgan fingerprint density at radius 1 is 1.18 bits per heavy atom. The van der Waals surface area contributed by atoms with Crippen LogP contribution in [0.3, 0.4) is 0 Å². The SMILES string of the molecule is CCc1ccccc1NC(=S)N1N=CC[C@@H]1c1ccccc1. The Labute approximate surface area is 136 Å². The van der Waals surface area contributed by atoms with Crippen molar-refractivity contribution in [2.75, 3.05) is 5.32 Å². The molecule has 0 aromatic heterocycles. The van der Waals surface area contributed by atoms with Crippen molar-refractivity contribution in [3.63, 3.8) is 0 Å². The molecule has 2 aromatic rings. The normalized spacial score (nSPS) is 16.8. The van der Waals surface area contributed by atoms with Gasteiger partial charge in [0, 0.05) is 18.3 Å². The van der Waals surface area contributed by atoms with Crippen LogP contribution in [0.4, 0.5) is 5.69 Å². The van der Waals surface area contributed by atoms with E-state index in [9.17, 15) is 0 Å². The molecule has 0 unspecified atom stereocenters. The molecule has 0 fully saturated rings. The Hall–Kier alpha value is -2.20. The summed E-state index contributed by atoms with van der Waals surface area (Å²) in [7, 11) is 0. The lowest BCUT2D eigenvalue weighted by Crippen LogP contribution is -2.31. The number of hydrazone groups is 1. The van der Waals surface area contributed by atoms with Crippen molar-refractivity contribution < 1.29 is 0 Å². The predicted molar refractivity (Wildman–Crippen MR) is 96.2 cm³/mol. The number of anilines is 1. The van der Waals surface area contributed by atoms with E-state index in [-0.39, 0.29) is 6.04 Å². The Morgan fingerprint density at radius 2 is 1.91 bits per heavy atom. The van der Waals surface area contributed by atoms with E-state index in [2.05, 4.69) is 53.7 Å². The summed E-state index contributed by atoms with van der Waals surface area (Å²) >= 11 is 5.58. The Kier molecular flexibility index (Phi) is 4.49.